The molecule has 0 aromatic heterocycles. The Morgan fingerprint density at radius 2 is 1.52 bits per heavy atom. The van der Waals surface area contributed by atoms with E-state index in [1.807, 2.05) is 30.3 Å². The van der Waals surface area contributed by atoms with Crippen molar-refractivity contribution in [1.29, 1.82) is 0 Å². The molecular weight excluding hydrogens is 365 g/mol. The van der Waals surface area contributed by atoms with Gasteiger partial charge in [-0.05, 0) is 34.9 Å². The molecule has 0 aliphatic heterocycles. The van der Waals surface area contributed by atoms with Crippen LogP contribution >= 0.6 is 15.9 Å². The Kier molecular flexibility index (Phi) is 4.19. The van der Waals surface area contributed by atoms with Crippen LogP contribution in [0.2, 0.25) is 0 Å². The molecule has 0 nitrogen and oxygen atoms in total. The molecule has 3 rings (SSSR count). The fraction of sp³-hybridized carbons (Fsp3) is 0.158. The second-order valence-corrected chi connectivity index (χ2v) is 6.68. The van der Waals surface area contributed by atoms with Gasteiger partial charge in [0.1, 0.15) is 10.1 Å². The van der Waals surface area contributed by atoms with E-state index < -0.39 is 10.2 Å². The number of benzene rings is 2. The van der Waals surface area contributed by atoms with Crippen molar-refractivity contribution >= 4 is 15.9 Å². The van der Waals surface area contributed by atoms with Crippen LogP contribution in [0.1, 0.15) is 17.5 Å². The Morgan fingerprint density at radius 1 is 0.913 bits per heavy atom. The molecule has 0 radical (unpaired) electrons. The van der Waals surface area contributed by atoms with Crippen LogP contribution in [0.4, 0.5) is 13.2 Å². The number of hydrogen-bond donors (Lipinski definition) is 0. The van der Waals surface area contributed by atoms with Gasteiger partial charge in [-0.1, -0.05) is 70.5 Å². The molecule has 2 aromatic rings. The highest BCUT2D eigenvalue weighted by Crippen LogP contribution is 2.47. The van der Waals surface area contributed by atoms with Crippen LogP contribution in [0.25, 0.3) is 0 Å². The third-order valence-corrected chi connectivity index (χ3v) is 5.29. The zero-order valence-corrected chi connectivity index (χ0v) is 13.7. The summed E-state index contributed by atoms with van der Waals surface area (Å²) in [5, 5.41) is 0. The van der Waals surface area contributed by atoms with E-state index in [4.69, 9.17) is 0 Å². The highest BCUT2D eigenvalue weighted by atomic mass is 79.9. The lowest BCUT2D eigenvalue weighted by Gasteiger charge is -2.32. The van der Waals surface area contributed by atoms with Gasteiger partial charge in [-0.2, -0.15) is 0 Å². The van der Waals surface area contributed by atoms with Crippen LogP contribution in [0.15, 0.2) is 78.4 Å². The summed E-state index contributed by atoms with van der Waals surface area (Å²) in [4.78, 5) is 0. The molecule has 0 amide bonds. The molecule has 0 fully saturated rings. The minimum Gasteiger partial charge on any atom is -0.207 e. The van der Waals surface area contributed by atoms with Crippen LogP contribution < -0.4 is 0 Å². The molecule has 2 aromatic carbocycles. The Balaban J connectivity index is 2.14. The summed E-state index contributed by atoms with van der Waals surface area (Å²) in [6.07, 6.45) is 3.55. The second-order valence-electron chi connectivity index (χ2n) is 5.49. The average Bonchev–Trinajstić information content (AvgIpc) is 2.55. The first-order valence-corrected chi connectivity index (χ1v) is 7.99. The van der Waals surface area contributed by atoms with Crippen molar-refractivity contribution in [2.24, 2.45) is 0 Å². The molecule has 0 unspecified atom stereocenters. The molecule has 118 valence electrons. The van der Waals surface area contributed by atoms with E-state index in [1.165, 1.54) is 24.3 Å². The largest absolute Gasteiger partial charge is 0.270 e. The first-order chi connectivity index (χ1) is 10.9. The molecule has 0 bridgehead atoms. The first-order valence-electron chi connectivity index (χ1n) is 7.20. The molecule has 0 spiro atoms. The predicted molar refractivity (Wildman–Crippen MR) is 89.3 cm³/mol. The van der Waals surface area contributed by atoms with E-state index in [0.717, 1.165) is 17.2 Å². The molecular formula is C19H14BrF3. The summed E-state index contributed by atoms with van der Waals surface area (Å²) >= 11 is 3.74. The van der Waals surface area contributed by atoms with E-state index >= 15 is 0 Å². The van der Waals surface area contributed by atoms with Gasteiger partial charge in [-0.25, -0.2) is 13.2 Å². The van der Waals surface area contributed by atoms with Crippen LogP contribution in [-0.2, 0) is 4.32 Å². The van der Waals surface area contributed by atoms with Crippen LogP contribution in [0, 0.1) is 5.82 Å². The molecule has 1 aliphatic rings. The summed E-state index contributed by atoms with van der Waals surface area (Å²) in [6, 6.07) is 15.6. The van der Waals surface area contributed by atoms with E-state index in [-0.39, 0.29) is 12.2 Å². The molecule has 0 N–H and O–H groups in total. The summed E-state index contributed by atoms with van der Waals surface area (Å²) in [7, 11) is 0. The minimum absolute atomic E-state index is 0.337. The quantitative estimate of drug-likeness (QED) is 0.575. The van der Waals surface area contributed by atoms with Gasteiger partial charge in [0.05, 0.1) is 0 Å². The highest BCUT2D eigenvalue weighted by Gasteiger charge is 2.37. The zero-order chi connectivity index (χ0) is 16.5. The topological polar surface area (TPSA) is 0 Å². The lowest BCUT2D eigenvalue weighted by Crippen LogP contribution is -2.25. The van der Waals surface area contributed by atoms with Gasteiger partial charge in [0.25, 0.3) is 5.92 Å². The Bertz CT molecular complexity index is 748. The maximum Gasteiger partial charge on any atom is 0.270 e. The Hall–Kier alpha value is -1.81. The molecule has 1 atom stereocenters. The monoisotopic (exact) mass is 378 g/mol. The Labute approximate surface area is 141 Å². The molecule has 1 aliphatic carbocycles. The van der Waals surface area contributed by atoms with E-state index in [1.54, 1.807) is 12.1 Å². The lowest BCUT2D eigenvalue weighted by atomic mass is 9.82. The fourth-order valence-corrected chi connectivity index (χ4v) is 3.52. The third kappa shape index (κ3) is 3.13. The van der Waals surface area contributed by atoms with Gasteiger partial charge in [0.2, 0.25) is 0 Å². The molecule has 0 saturated carbocycles. The smallest absolute Gasteiger partial charge is 0.207 e. The predicted octanol–water partition coefficient (Wildman–Crippen LogP) is 5.99. The van der Waals surface area contributed by atoms with Crippen molar-refractivity contribution in [2.75, 3.05) is 0 Å². The van der Waals surface area contributed by atoms with Crippen molar-refractivity contribution in [2.45, 2.75) is 16.7 Å². The standard InChI is InChI=1S/C19H14BrF3/c20-19(14-4-2-1-3-5-14,15-6-8-17(21)9-7-15)16-10-12-18(22,23)13-11-16/h1-12H,13H2/t19-/m0/s1. The maximum atomic E-state index is 13.4. The van der Waals surface area contributed by atoms with Crippen molar-refractivity contribution in [3.05, 3.63) is 95.3 Å². The molecule has 0 heterocycles. The normalized spacial score (nSPS) is 19.0. The maximum absolute atomic E-state index is 13.4. The average molecular weight is 379 g/mol. The van der Waals surface area contributed by atoms with Gasteiger partial charge in [-0.15, -0.1) is 0 Å². The number of halogens is 4. The number of alkyl halides is 3. The second kappa shape index (κ2) is 6.00. The zero-order valence-electron chi connectivity index (χ0n) is 12.1. The summed E-state index contributed by atoms with van der Waals surface area (Å²) in [5.74, 6) is -3.16. The van der Waals surface area contributed by atoms with Gasteiger partial charge >= 0.3 is 0 Å². The van der Waals surface area contributed by atoms with Crippen LogP contribution in [0.3, 0.4) is 0 Å². The molecule has 23 heavy (non-hydrogen) atoms. The SMILES string of the molecule is Fc1ccc([C@](Br)(C2=CCC(F)(F)C=C2)c2ccccc2)cc1. The molecule has 4 heteroatoms. The number of rotatable bonds is 3. The first kappa shape index (κ1) is 16.1. The van der Waals surface area contributed by atoms with Crippen molar-refractivity contribution in [3.8, 4) is 0 Å². The number of allylic oxidation sites excluding steroid dienone is 4. The van der Waals surface area contributed by atoms with Crippen molar-refractivity contribution < 1.29 is 13.2 Å². The van der Waals surface area contributed by atoms with Gasteiger partial charge in [-0.3, -0.25) is 0 Å². The van der Waals surface area contributed by atoms with Crippen LogP contribution in [0.5, 0.6) is 0 Å². The van der Waals surface area contributed by atoms with E-state index in [2.05, 4.69) is 15.9 Å². The minimum atomic E-state index is -2.82. The summed E-state index contributed by atoms with van der Waals surface area (Å²) < 4.78 is 39.3. The van der Waals surface area contributed by atoms with E-state index in [0.29, 0.717) is 5.57 Å². The lowest BCUT2D eigenvalue weighted by molar-refractivity contribution is 0.0570. The van der Waals surface area contributed by atoms with Crippen LogP contribution in [-0.4, -0.2) is 5.92 Å². The fourth-order valence-electron chi connectivity index (χ4n) is 2.70. The van der Waals surface area contributed by atoms with Crippen molar-refractivity contribution in [1.82, 2.24) is 0 Å². The summed E-state index contributed by atoms with van der Waals surface area (Å²) in [6.45, 7) is 0. The molecule has 0 saturated heterocycles. The third-order valence-electron chi connectivity index (χ3n) is 3.91. The van der Waals surface area contributed by atoms with Gasteiger partial charge in [0, 0.05) is 6.42 Å². The van der Waals surface area contributed by atoms with Gasteiger partial charge in [0.15, 0.2) is 0 Å². The summed E-state index contributed by atoms with van der Waals surface area (Å²) in [5.41, 5.74) is 2.39. The van der Waals surface area contributed by atoms with E-state index in [9.17, 15) is 13.2 Å². The number of hydrogen-bond acceptors (Lipinski definition) is 0. The van der Waals surface area contributed by atoms with Crippen molar-refractivity contribution in [3.63, 3.8) is 0 Å². The van der Waals surface area contributed by atoms with Gasteiger partial charge < -0.3 is 0 Å². The highest BCUT2D eigenvalue weighted by molar-refractivity contribution is 9.10. The Morgan fingerprint density at radius 3 is 2.09 bits per heavy atom.